The molecule has 3 heterocycles. The second-order valence-electron chi connectivity index (χ2n) is 8.29. The van der Waals surface area contributed by atoms with Crippen LogP contribution in [0.15, 0.2) is 54.6 Å². The highest BCUT2D eigenvalue weighted by atomic mass is 16.6. The van der Waals surface area contributed by atoms with Crippen molar-refractivity contribution in [2.45, 2.75) is 31.0 Å². The van der Waals surface area contributed by atoms with Crippen LogP contribution in [-0.2, 0) is 14.3 Å². The van der Waals surface area contributed by atoms with E-state index in [0.29, 0.717) is 23.6 Å². The molecule has 0 radical (unpaired) electrons. The van der Waals surface area contributed by atoms with Gasteiger partial charge in [-0.2, -0.15) is 0 Å². The maximum atomic E-state index is 13.5. The van der Waals surface area contributed by atoms with E-state index in [-0.39, 0.29) is 11.7 Å². The number of nitrogens with zero attached hydrogens (tertiary/aromatic N) is 1. The number of fused-ring (bicyclic) bond motifs is 3. The summed E-state index contributed by atoms with van der Waals surface area (Å²) in [4.78, 5) is 39.1. The number of rotatable bonds is 7. The molecule has 0 aromatic heterocycles. The van der Waals surface area contributed by atoms with Crippen molar-refractivity contribution in [3.63, 3.8) is 0 Å². The van der Waals surface area contributed by atoms with Gasteiger partial charge in [-0.05, 0) is 55.1 Å². The van der Waals surface area contributed by atoms with Gasteiger partial charge in [0, 0.05) is 6.54 Å². The number of primary amides is 1. The second kappa shape index (κ2) is 9.40. The predicted molar refractivity (Wildman–Crippen MR) is 115 cm³/mol. The van der Waals surface area contributed by atoms with Gasteiger partial charge in [0.2, 0.25) is 0 Å². The molecule has 3 atom stereocenters. The van der Waals surface area contributed by atoms with E-state index in [0.717, 1.165) is 25.9 Å². The molecule has 8 nitrogen and oxygen atoms in total. The van der Waals surface area contributed by atoms with Crippen LogP contribution >= 0.6 is 0 Å². The van der Waals surface area contributed by atoms with Crippen molar-refractivity contribution >= 4 is 18.0 Å². The smallest absolute Gasteiger partial charge is 0.405 e. The van der Waals surface area contributed by atoms with E-state index in [1.165, 1.54) is 18.2 Å². The highest BCUT2D eigenvalue weighted by Crippen LogP contribution is 2.38. The predicted octanol–water partition coefficient (Wildman–Crippen LogP) is 2.94. The van der Waals surface area contributed by atoms with Crippen molar-refractivity contribution < 1.29 is 29.0 Å². The summed E-state index contributed by atoms with van der Waals surface area (Å²) in [6, 6.07) is 14.8. The summed E-state index contributed by atoms with van der Waals surface area (Å²) in [6.45, 7) is 2.71. The fraction of sp³-hybridized carbons (Fsp3) is 0.375. The lowest BCUT2D eigenvalue weighted by atomic mass is 9.85. The van der Waals surface area contributed by atoms with Gasteiger partial charge < -0.3 is 20.3 Å². The van der Waals surface area contributed by atoms with Gasteiger partial charge in [-0.1, -0.05) is 42.5 Å². The van der Waals surface area contributed by atoms with Crippen LogP contribution in [0.3, 0.4) is 0 Å². The molecule has 5 rings (SSSR count). The van der Waals surface area contributed by atoms with Crippen LogP contribution in [0.2, 0.25) is 0 Å². The fourth-order valence-corrected chi connectivity index (χ4v) is 4.66. The van der Waals surface area contributed by atoms with Crippen LogP contribution in [0, 0.1) is 5.92 Å². The number of hydrogen-bond acceptors (Lipinski definition) is 6. The first kappa shape index (κ1) is 21.8. The molecule has 0 aliphatic carbocycles. The molecule has 3 aliphatic rings. The van der Waals surface area contributed by atoms with Crippen molar-refractivity contribution in [2.24, 2.45) is 11.7 Å². The Kier molecular flexibility index (Phi) is 6.41. The van der Waals surface area contributed by atoms with Crippen molar-refractivity contribution in [1.29, 1.82) is 0 Å². The highest BCUT2D eigenvalue weighted by molar-refractivity contribution is 5.88. The van der Waals surface area contributed by atoms with Gasteiger partial charge in [-0.25, -0.2) is 9.59 Å². The summed E-state index contributed by atoms with van der Waals surface area (Å²) in [7, 11) is 0. The molecule has 3 aliphatic heterocycles. The topological polar surface area (TPSA) is 119 Å². The molecule has 2 unspecified atom stereocenters. The zero-order valence-corrected chi connectivity index (χ0v) is 17.6. The van der Waals surface area contributed by atoms with E-state index >= 15 is 0 Å². The molecule has 3 N–H and O–H groups in total. The summed E-state index contributed by atoms with van der Waals surface area (Å²) < 4.78 is 11.4. The molecule has 168 valence electrons. The number of carbonyl (C=O) groups excluding carboxylic acids is 2. The number of carbonyl (C=O) groups is 3. The minimum Gasteiger partial charge on any atom is -0.478 e. The molecule has 3 fully saturated rings. The van der Waals surface area contributed by atoms with Gasteiger partial charge in [0.25, 0.3) is 0 Å². The van der Waals surface area contributed by atoms with Crippen LogP contribution in [0.4, 0.5) is 4.79 Å². The Morgan fingerprint density at radius 1 is 1.00 bits per heavy atom. The molecular formula is C24H26N2O6. The SMILES string of the molecule is NC(=O)OC(c1cccc(C(=O)O)c1)C(C(=O)O[C@H]1CN2CCC1CC2)c1ccccc1. The molecule has 2 aromatic carbocycles. The van der Waals surface area contributed by atoms with Crippen molar-refractivity contribution in [1.82, 2.24) is 4.90 Å². The van der Waals surface area contributed by atoms with E-state index in [2.05, 4.69) is 4.90 Å². The van der Waals surface area contributed by atoms with E-state index in [1.54, 1.807) is 30.3 Å². The van der Waals surface area contributed by atoms with Gasteiger partial charge in [0.15, 0.2) is 0 Å². The van der Waals surface area contributed by atoms with Gasteiger partial charge in [0.1, 0.15) is 18.1 Å². The summed E-state index contributed by atoms with van der Waals surface area (Å²) in [5, 5.41) is 9.39. The van der Waals surface area contributed by atoms with Gasteiger partial charge in [-0.3, -0.25) is 9.69 Å². The summed E-state index contributed by atoms with van der Waals surface area (Å²) >= 11 is 0. The van der Waals surface area contributed by atoms with E-state index in [9.17, 15) is 19.5 Å². The molecular weight excluding hydrogens is 412 g/mol. The monoisotopic (exact) mass is 438 g/mol. The van der Waals surface area contributed by atoms with Crippen LogP contribution in [0.25, 0.3) is 0 Å². The zero-order valence-electron chi connectivity index (χ0n) is 17.6. The quantitative estimate of drug-likeness (QED) is 0.638. The minimum absolute atomic E-state index is 0.0122. The van der Waals surface area contributed by atoms with Crippen LogP contribution in [0.1, 0.15) is 46.3 Å². The number of aromatic carboxylic acids is 1. The average molecular weight is 438 g/mol. The maximum Gasteiger partial charge on any atom is 0.405 e. The minimum atomic E-state index is -1.14. The standard InChI is InChI=1S/C24H26N2O6/c25-24(30)32-21(17-7-4-8-18(13-17)22(27)28)20(16-5-2-1-3-6-16)23(29)31-19-14-26-11-9-15(19)10-12-26/h1-8,13,15,19-21H,9-12,14H2,(H2,25,30)(H,27,28)/t19-,20?,21?/m0/s1. The molecule has 32 heavy (non-hydrogen) atoms. The van der Waals surface area contributed by atoms with E-state index in [1.807, 2.05) is 6.07 Å². The first-order valence-electron chi connectivity index (χ1n) is 10.7. The zero-order chi connectivity index (χ0) is 22.7. The third-order valence-electron chi connectivity index (χ3n) is 6.28. The summed E-state index contributed by atoms with van der Waals surface area (Å²) in [5.41, 5.74) is 6.29. The Balaban J connectivity index is 1.69. The number of amides is 1. The lowest BCUT2D eigenvalue weighted by Crippen LogP contribution is -2.52. The summed E-state index contributed by atoms with van der Waals surface area (Å²) in [5.74, 6) is -2.34. The van der Waals surface area contributed by atoms with Crippen LogP contribution < -0.4 is 5.73 Å². The lowest BCUT2D eigenvalue weighted by Gasteiger charge is -2.44. The third-order valence-corrected chi connectivity index (χ3v) is 6.28. The maximum absolute atomic E-state index is 13.5. The molecule has 1 amide bonds. The Morgan fingerprint density at radius 3 is 2.28 bits per heavy atom. The largest absolute Gasteiger partial charge is 0.478 e. The van der Waals surface area contributed by atoms with Crippen LogP contribution in [-0.4, -0.2) is 53.8 Å². The Bertz CT molecular complexity index is 987. The Hall–Kier alpha value is -3.39. The molecule has 0 spiro atoms. The van der Waals surface area contributed by atoms with E-state index < -0.39 is 30.1 Å². The Labute approximate surface area is 185 Å². The third kappa shape index (κ3) is 4.75. The number of ether oxygens (including phenoxy) is 2. The Morgan fingerprint density at radius 2 is 1.69 bits per heavy atom. The molecule has 2 bridgehead atoms. The molecule has 2 aromatic rings. The fourth-order valence-electron chi connectivity index (χ4n) is 4.66. The van der Waals surface area contributed by atoms with E-state index in [4.69, 9.17) is 15.2 Å². The summed E-state index contributed by atoms with van der Waals surface area (Å²) in [6.07, 6.45) is -0.461. The van der Waals surface area contributed by atoms with Crippen molar-refractivity contribution in [3.8, 4) is 0 Å². The first-order valence-corrected chi connectivity index (χ1v) is 10.7. The number of nitrogens with two attached hydrogens (primary N) is 1. The molecule has 8 heteroatoms. The van der Waals surface area contributed by atoms with Crippen LogP contribution in [0.5, 0.6) is 0 Å². The van der Waals surface area contributed by atoms with Gasteiger partial charge in [0.05, 0.1) is 5.56 Å². The highest BCUT2D eigenvalue weighted by Gasteiger charge is 2.41. The number of carboxylic acids is 1. The van der Waals surface area contributed by atoms with Crippen molar-refractivity contribution in [3.05, 3.63) is 71.3 Å². The van der Waals surface area contributed by atoms with Crippen molar-refractivity contribution in [2.75, 3.05) is 19.6 Å². The lowest BCUT2D eigenvalue weighted by molar-refractivity contribution is -0.163. The molecule has 3 saturated heterocycles. The van der Waals surface area contributed by atoms with Gasteiger partial charge in [-0.15, -0.1) is 0 Å². The number of hydrogen-bond donors (Lipinski definition) is 2. The number of benzene rings is 2. The average Bonchev–Trinajstić information content (AvgIpc) is 2.80. The normalized spacial score (nSPS) is 23.7. The second-order valence-corrected chi connectivity index (χ2v) is 8.29. The molecule has 0 saturated carbocycles. The first-order chi connectivity index (χ1) is 15.4. The number of carboxylic acid groups (broad SMARTS) is 1. The number of piperidine rings is 3. The van der Waals surface area contributed by atoms with Gasteiger partial charge >= 0.3 is 18.0 Å². The number of esters is 1.